The van der Waals surface area contributed by atoms with Crippen LogP contribution in [0.15, 0.2) is 58.4 Å². The lowest BCUT2D eigenvalue weighted by Crippen LogP contribution is -2.42. The first-order valence-electron chi connectivity index (χ1n) is 13.2. The number of alkyl halides is 4. The third-order valence-corrected chi connectivity index (χ3v) is 6.97. The molecule has 0 spiro atoms. The van der Waals surface area contributed by atoms with Crippen molar-refractivity contribution in [2.75, 3.05) is 30.4 Å². The first-order chi connectivity index (χ1) is 20.7. The number of halogens is 4. The largest absolute Gasteiger partial charge is 0.495 e. The molecule has 240 valence electrons. The normalized spacial score (nSPS) is 26.9. The number of para-hydroxylation sites is 2. The first-order valence-corrected chi connectivity index (χ1v) is 13.2. The molecule has 0 aliphatic carbocycles. The second kappa shape index (κ2) is 12.8. The highest BCUT2D eigenvalue weighted by molar-refractivity contribution is 5.56. The van der Waals surface area contributed by atoms with Crippen molar-refractivity contribution in [3.05, 3.63) is 69.8 Å². The van der Waals surface area contributed by atoms with Gasteiger partial charge in [0, 0.05) is 18.9 Å². The number of hydrogen-bond donors (Lipinski definition) is 5. The van der Waals surface area contributed by atoms with Crippen LogP contribution >= 0.6 is 0 Å². The van der Waals surface area contributed by atoms with E-state index in [0.717, 1.165) is 12.4 Å². The van der Waals surface area contributed by atoms with Crippen molar-refractivity contribution in [3.8, 4) is 5.75 Å². The van der Waals surface area contributed by atoms with E-state index in [4.69, 9.17) is 25.7 Å². The summed E-state index contributed by atoms with van der Waals surface area (Å²) in [4.78, 5) is 30.1. The molecule has 4 heterocycles. The molecule has 14 nitrogen and oxygen atoms in total. The van der Waals surface area contributed by atoms with Gasteiger partial charge in [0.25, 0.3) is 0 Å². The fraction of sp³-hybridized carbons (Fsp3) is 0.462. The lowest BCUT2D eigenvalue weighted by Gasteiger charge is -2.20. The Balaban J connectivity index is 0.000000215. The van der Waals surface area contributed by atoms with Crippen LogP contribution in [-0.2, 0) is 9.47 Å². The standard InChI is InChI=1S/C16H18F2N4O4.C10H13F2N3O3/c1-25-10-5-3-2-4-9(10)20-8-11-13(23)16(17,18)14(26-11)22-7-6-12(19)21-15(22)24;1-2-5-7(16)10(11,12)8(18-5)15-4-3-6(13)14-9(15)17/h2-7,11,13-14,20,23H,8H2,1H3,(H2,19,21,24);3-5,7-8,16H,2H2,1H3,(H2,13,14,17)/t11-,13-,14-;5-,7-,8-/m11/s1. The van der Waals surface area contributed by atoms with Gasteiger partial charge in [-0.05, 0) is 30.7 Å². The Labute approximate surface area is 246 Å². The van der Waals surface area contributed by atoms with Crippen molar-refractivity contribution in [2.24, 2.45) is 0 Å². The maximum absolute atomic E-state index is 14.4. The van der Waals surface area contributed by atoms with Gasteiger partial charge in [0.05, 0.1) is 18.9 Å². The third kappa shape index (κ3) is 6.33. The van der Waals surface area contributed by atoms with Gasteiger partial charge in [0.1, 0.15) is 35.7 Å². The number of ether oxygens (including phenoxy) is 3. The van der Waals surface area contributed by atoms with E-state index >= 15 is 0 Å². The van der Waals surface area contributed by atoms with Crippen LogP contribution in [0.1, 0.15) is 25.8 Å². The number of methoxy groups -OCH3 is 1. The van der Waals surface area contributed by atoms with E-state index in [-0.39, 0.29) is 24.6 Å². The Morgan fingerprint density at radius 3 is 1.82 bits per heavy atom. The number of aliphatic hydroxyl groups is 2. The SMILES string of the molecule is CC[C@H]1O[C@@H](n2ccc(N)nc2=O)C(F)(F)[C@@H]1O.COc1ccccc1NC[C@H]1O[C@@H](n2ccc(N)nc2=O)C(F)(F)[C@@H]1O. The molecule has 0 bridgehead atoms. The number of nitrogen functional groups attached to an aromatic ring is 2. The van der Waals surface area contributed by atoms with E-state index < -0.39 is 60.1 Å². The Morgan fingerprint density at radius 1 is 0.886 bits per heavy atom. The predicted molar refractivity (Wildman–Crippen MR) is 147 cm³/mol. The van der Waals surface area contributed by atoms with Gasteiger partial charge in [0.15, 0.2) is 0 Å². The molecule has 44 heavy (non-hydrogen) atoms. The molecule has 2 aliphatic heterocycles. The lowest BCUT2D eigenvalue weighted by atomic mass is 10.1. The predicted octanol–water partition coefficient (Wildman–Crippen LogP) is 0.969. The molecule has 5 rings (SSSR count). The van der Waals surface area contributed by atoms with E-state index in [1.807, 2.05) is 0 Å². The van der Waals surface area contributed by atoms with Crippen LogP contribution in [0.4, 0.5) is 34.9 Å². The minimum Gasteiger partial charge on any atom is -0.495 e. The van der Waals surface area contributed by atoms with Crippen LogP contribution in [0.5, 0.6) is 5.75 Å². The zero-order valence-corrected chi connectivity index (χ0v) is 23.4. The lowest BCUT2D eigenvalue weighted by molar-refractivity contribution is -0.140. The summed E-state index contributed by atoms with van der Waals surface area (Å²) in [5, 5.41) is 22.4. The molecule has 0 radical (unpaired) electrons. The van der Waals surface area contributed by atoms with Crippen molar-refractivity contribution in [2.45, 2.75) is 62.1 Å². The Bertz CT molecular complexity index is 1570. The summed E-state index contributed by atoms with van der Waals surface area (Å²) in [6, 6.07) is 9.32. The molecule has 6 atom stereocenters. The zero-order valence-electron chi connectivity index (χ0n) is 23.4. The van der Waals surface area contributed by atoms with Crippen molar-refractivity contribution in [3.63, 3.8) is 0 Å². The number of nitrogens with two attached hydrogens (primary N) is 2. The summed E-state index contributed by atoms with van der Waals surface area (Å²) in [7, 11) is 1.48. The average Bonchev–Trinajstić information content (AvgIpc) is 3.34. The number of nitrogens with zero attached hydrogens (tertiary/aromatic N) is 4. The maximum Gasteiger partial charge on any atom is 0.351 e. The molecular weight excluding hydrogens is 598 g/mol. The highest BCUT2D eigenvalue weighted by Gasteiger charge is 2.60. The maximum atomic E-state index is 14.4. The summed E-state index contributed by atoms with van der Waals surface area (Å²) in [6.07, 6.45) is -7.83. The Hall–Kier alpha value is -4.26. The van der Waals surface area contributed by atoms with E-state index in [0.29, 0.717) is 20.6 Å². The van der Waals surface area contributed by atoms with Gasteiger partial charge in [-0.2, -0.15) is 27.5 Å². The van der Waals surface area contributed by atoms with Crippen LogP contribution in [0.25, 0.3) is 0 Å². The molecule has 2 fully saturated rings. The quantitative estimate of drug-likeness (QED) is 0.232. The van der Waals surface area contributed by atoms with Gasteiger partial charge in [-0.3, -0.25) is 9.13 Å². The topological polar surface area (TPSA) is 202 Å². The molecule has 0 amide bonds. The van der Waals surface area contributed by atoms with Gasteiger partial charge in [-0.15, -0.1) is 0 Å². The van der Waals surface area contributed by atoms with E-state index in [9.17, 15) is 37.4 Å². The molecule has 1 aromatic carbocycles. The van der Waals surface area contributed by atoms with Crippen molar-refractivity contribution >= 4 is 17.3 Å². The minimum absolute atomic E-state index is 0.0647. The number of aliphatic hydroxyl groups excluding tert-OH is 2. The monoisotopic (exact) mass is 629 g/mol. The van der Waals surface area contributed by atoms with E-state index in [1.165, 1.54) is 19.2 Å². The number of benzene rings is 1. The van der Waals surface area contributed by atoms with Crippen LogP contribution < -0.4 is 32.9 Å². The van der Waals surface area contributed by atoms with Gasteiger partial charge in [-0.25, -0.2) is 9.59 Å². The van der Waals surface area contributed by atoms with Gasteiger partial charge < -0.3 is 41.2 Å². The molecule has 0 unspecified atom stereocenters. The third-order valence-electron chi connectivity index (χ3n) is 6.97. The van der Waals surface area contributed by atoms with Gasteiger partial charge in [-0.1, -0.05) is 19.1 Å². The molecule has 2 saturated heterocycles. The summed E-state index contributed by atoms with van der Waals surface area (Å²) >= 11 is 0. The van der Waals surface area contributed by atoms with Crippen LogP contribution in [0.2, 0.25) is 0 Å². The molecule has 7 N–H and O–H groups in total. The Kier molecular flexibility index (Phi) is 9.47. The molecule has 2 aromatic heterocycles. The summed E-state index contributed by atoms with van der Waals surface area (Å²) < 4.78 is 73.2. The van der Waals surface area contributed by atoms with Crippen LogP contribution in [-0.4, -0.2) is 79.2 Å². The highest BCUT2D eigenvalue weighted by atomic mass is 19.3. The second-order valence-electron chi connectivity index (χ2n) is 9.87. The number of anilines is 3. The summed E-state index contributed by atoms with van der Waals surface area (Å²) in [5.74, 6) is -6.88. The van der Waals surface area contributed by atoms with Crippen molar-refractivity contribution < 1.29 is 42.0 Å². The summed E-state index contributed by atoms with van der Waals surface area (Å²) in [6.45, 7) is 1.49. The number of hydrogen-bond acceptors (Lipinski definition) is 12. The van der Waals surface area contributed by atoms with E-state index in [1.54, 1.807) is 31.2 Å². The second-order valence-corrected chi connectivity index (χ2v) is 9.87. The highest BCUT2D eigenvalue weighted by Crippen LogP contribution is 2.43. The molecule has 2 aliphatic rings. The molecule has 0 saturated carbocycles. The summed E-state index contributed by atoms with van der Waals surface area (Å²) in [5.41, 5.74) is 9.27. The molecule has 18 heteroatoms. The van der Waals surface area contributed by atoms with Gasteiger partial charge in [0.2, 0.25) is 12.5 Å². The van der Waals surface area contributed by atoms with Gasteiger partial charge >= 0.3 is 23.2 Å². The number of rotatable bonds is 7. The van der Waals surface area contributed by atoms with Crippen molar-refractivity contribution in [1.29, 1.82) is 0 Å². The number of nitrogens with one attached hydrogen (secondary N) is 1. The average molecular weight is 630 g/mol. The minimum atomic E-state index is -3.69. The van der Waals surface area contributed by atoms with E-state index in [2.05, 4.69) is 15.3 Å². The fourth-order valence-electron chi connectivity index (χ4n) is 4.64. The molecular formula is C26H31F4N7O7. The smallest absolute Gasteiger partial charge is 0.351 e. The fourth-order valence-corrected chi connectivity index (χ4v) is 4.64. The zero-order chi connectivity index (χ0) is 32.4. The molecule has 3 aromatic rings. The van der Waals surface area contributed by atoms with Crippen LogP contribution in [0, 0.1) is 0 Å². The van der Waals surface area contributed by atoms with Crippen molar-refractivity contribution in [1.82, 2.24) is 19.1 Å². The number of aromatic nitrogens is 4. The van der Waals surface area contributed by atoms with Crippen LogP contribution in [0.3, 0.4) is 0 Å². The Morgan fingerprint density at radius 2 is 1.36 bits per heavy atom. The first kappa shape index (κ1) is 32.6.